The third-order valence-electron chi connectivity index (χ3n) is 3.27. The van der Waals surface area contributed by atoms with Gasteiger partial charge in [0, 0.05) is 17.5 Å². The van der Waals surface area contributed by atoms with Crippen molar-refractivity contribution in [3.8, 4) is 0 Å². The molecule has 0 radical (unpaired) electrons. The topological polar surface area (TPSA) is 68.0 Å². The zero-order chi connectivity index (χ0) is 15.2. The molecule has 0 unspecified atom stereocenters. The first kappa shape index (κ1) is 21.7. The number of hydrogen-bond donors (Lipinski definition) is 2. The number of nitrogens with two attached hydrogens (primary N) is 1. The summed E-state index contributed by atoms with van der Waals surface area (Å²) >= 11 is 1.59. The number of aryl methyl sites for hydroxylation is 1. The number of rotatable bonds is 6. The van der Waals surface area contributed by atoms with Crippen molar-refractivity contribution < 1.29 is 4.79 Å². The summed E-state index contributed by atoms with van der Waals surface area (Å²) in [6, 6.07) is 7.65. The predicted octanol–water partition coefficient (Wildman–Crippen LogP) is 3.94. The number of thiazole rings is 1. The third-order valence-corrected chi connectivity index (χ3v) is 4.14. The van der Waals surface area contributed by atoms with Crippen LogP contribution in [0.4, 0.5) is 5.69 Å². The number of benzene rings is 1. The minimum absolute atomic E-state index is 0. The van der Waals surface area contributed by atoms with E-state index in [1.807, 2.05) is 24.3 Å². The van der Waals surface area contributed by atoms with E-state index in [2.05, 4.69) is 29.5 Å². The predicted molar refractivity (Wildman–Crippen MR) is 102 cm³/mol. The quantitative estimate of drug-likeness (QED) is 0.751. The van der Waals surface area contributed by atoms with Crippen LogP contribution in [0.3, 0.4) is 0 Å². The molecule has 2 rings (SSSR count). The lowest BCUT2D eigenvalue weighted by Gasteiger charge is -2.06. The molecule has 0 saturated carbocycles. The molecule has 0 aliphatic heterocycles. The Morgan fingerprint density at radius 1 is 1.30 bits per heavy atom. The first-order valence-corrected chi connectivity index (χ1v) is 7.98. The Kier molecular flexibility index (Phi) is 9.88. The number of halogens is 2. The van der Waals surface area contributed by atoms with Crippen LogP contribution in [0.15, 0.2) is 29.6 Å². The van der Waals surface area contributed by atoms with Gasteiger partial charge >= 0.3 is 0 Å². The Hall–Kier alpha value is -1.30. The summed E-state index contributed by atoms with van der Waals surface area (Å²) in [4.78, 5) is 16.4. The first-order chi connectivity index (χ1) is 10.1. The van der Waals surface area contributed by atoms with E-state index in [0.717, 1.165) is 22.0 Å². The molecule has 0 saturated heterocycles. The molecular formula is C16H23Cl2N3OS. The van der Waals surface area contributed by atoms with Crippen LogP contribution in [0.25, 0.3) is 0 Å². The molecule has 0 aliphatic carbocycles. The van der Waals surface area contributed by atoms with Gasteiger partial charge in [-0.25, -0.2) is 4.98 Å². The summed E-state index contributed by atoms with van der Waals surface area (Å²) in [7, 11) is 0. The third kappa shape index (κ3) is 6.77. The molecule has 7 heteroatoms. The summed E-state index contributed by atoms with van der Waals surface area (Å²) < 4.78 is 0. The Labute approximate surface area is 153 Å². The van der Waals surface area contributed by atoms with Gasteiger partial charge in [-0.1, -0.05) is 32.0 Å². The van der Waals surface area contributed by atoms with Crippen molar-refractivity contribution in [1.29, 1.82) is 0 Å². The number of aromatic nitrogens is 1. The molecule has 0 aliphatic rings. The smallest absolute Gasteiger partial charge is 0.220 e. The fraction of sp³-hybridized carbons (Fsp3) is 0.375. The van der Waals surface area contributed by atoms with Gasteiger partial charge < -0.3 is 11.1 Å². The number of para-hydroxylation sites is 1. The van der Waals surface area contributed by atoms with E-state index in [1.54, 1.807) is 11.3 Å². The van der Waals surface area contributed by atoms with Gasteiger partial charge in [0.05, 0.1) is 12.2 Å². The number of nitrogens with one attached hydrogen (secondary N) is 1. The van der Waals surface area contributed by atoms with E-state index in [1.165, 1.54) is 0 Å². The lowest BCUT2D eigenvalue weighted by atomic mass is 10.1. The number of nitrogen functional groups attached to an aromatic ring is 1. The minimum atomic E-state index is 0. The molecule has 0 bridgehead atoms. The van der Waals surface area contributed by atoms with Gasteiger partial charge in [-0.15, -0.1) is 36.2 Å². The number of amides is 1. The van der Waals surface area contributed by atoms with Crippen LogP contribution in [0.5, 0.6) is 0 Å². The van der Waals surface area contributed by atoms with Gasteiger partial charge in [-0.2, -0.15) is 0 Å². The molecule has 1 amide bonds. The van der Waals surface area contributed by atoms with Crippen LogP contribution in [-0.4, -0.2) is 10.9 Å². The summed E-state index contributed by atoms with van der Waals surface area (Å²) in [5.74, 6) is 0.450. The van der Waals surface area contributed by atoms with Gasteiger partial charge in [-0.3, -0.25) is 4.79 Å². The standard InChI is InChI=1S/C16H21N3OS.2ClH/c1-11(2)14-10-21-16(19-14)9-18-15(20)8-7-12-5-3-4-6-13(12)17;;/h3-6,10-11H,7-9,17H2,1-2H3,(H,18,20);2*1H. The number of anilines is 1. The van der Waals surface area contributed by atoms with Crippen molar-refractivity contribution in [3.05, 3.63) is 45.9 Å². The Morgan fingerprint density at radius 3 is 2.61 bits per heavy atom. The van der Waals surface area contributed by atoms with Gasteiger partial charge in [0.2, 0.25) is 5.91 Å². The number of nitrogens with zero attached hydrogens (tertiary/aromatic N) is 1. The van der Waals surface area contributed by atoms with Crippen molar-refractivity contribution in [3.63, 3.8) is 0 Å². The largest absolute Gasteiger partial charge is 0.399 e. The SMILES string of the molecule is CC(C)c1csc(CNC(=O)CCc2ccccc2N)n1.Cl.Cl. The first-order valence-electron chi connectivity index (χ1n) is 7.10. The molecule has 1 heterocycles. The van der Waals surface area contributed by atoms with Crippen LogP contribution in [0, 0.1) is 0 Å². The maximum atomic E-state index is 11.9. The van der Waals surface area contributed by atoms with Crippen molar-refractivity contribution in [2.45, 2.75) is 39.2 Å². The lowest BCUT2D eigenvalue weighted by Crippen LogP contribution is -2.23. The molecule has 0 atom stereocenters. The molecule has 128 valence electrons. The highest BCUT2D eigenvalue weighted by Crippen LogP contribution is 2.17. The Bertz CT molecular complexity index is 617. The number of carbonyl (C=O) groups is 1. The van der Waals surface area contributed by atoms with Crippen LogP contribution in [0.2, 0.25) is 0 Å². The van der Waals surface area contributed by atoms with E-state index in [0.29, 0.717) is 25.3 Å². The normalized spacial score (nSPS) is 9.87. The van der Waals surface area contributed by atoms with Gasteiger partial charge in [0.15, 0.2) is 0 Å². The van der Waals surface area contributed by atoms with Crippen LogP contribution in [-0.2, 0) is 17.8 Å². The summed E-state index contributed by atoms with van der Waals surface area (Å²) in [6.07, 6.45) is 1.10. The van der Waals surface area contributed by atoms with E-state index in [-0.39, 0.29) is 30.7 Å². The zero-order valence-corrected chi connectivity index (χ0v) is 15.7. The molecule has 0 fully saturated rings. The monoisotopic (exact) mass is 375 g/mol. The van der Waals surface area contributed by atoms with E-state index in [4.69, 9.17) is 5.73 Å². The summed E-state index contributed by atoms with van der Waals surface area (Å²) in [5.41, 5.74) is 8.71. The second-order valence-electron chi connectivity index (χ2n) is 5.30. The van der Waals surface area contributed by atoms with E-state index < -0.39 is 0 Å². The molecule has 23 heavy (non-hydrogen) atoms. The average molecular weight is 376 g/mol. The van der Waals surface area contributed by atoms with E-state index in [9.17, 15) is 4.79 Å². The second kappa shape index (κ2) is 10.5. The second-order valence-corrected chi connectivity index (χ2v) is 6.24. The number of hydrogen-bond acceptors (Lipinski definition) is 4. The highest BCUT2D eigenvalue weighted by Gasteiger charge is 2.08. The van der Waals surface area contributed by atoms with Gasteiger partial charge in [0.1, 0.15) is 5.01 Å². The van der Waals surface area contributed by atoms with Crippen molar-refractivity contribution in [1.82, 2.24) is 10.3 Å². The molecule has 3 N–H and O–H groups in total. The summed E-state index contributed by atoms with van der Waals surface area (Å²) in [6.45, 7) is 4.73. The fourth-order valence-corrected chi connectivity index (χ4v) is 2.84. The lowest BCUT2D eigenvalue weighted by molar-refractivity contribution is -0.121. The minimum Gasteiger partial charge on any atom is -0.399 e. The van der Waals surface area contributed by atoms with E-state index >= 15 is 0 Å². The maximum Gasteiger partial charge on any atom is 0.220 e. The molecule has 0 spiro atoms. The van der Waals surface area contributed by atoms with Gasteiger partial charge in [0.25, 0.3) is 0 Å². The molecule has 1 aromatic heterocycles. The van der Waals surface area contributed by atoms with Crippen LogP contribution >= 0.6 is 36.2 Å². The Balaban J connectivity index is 0.00000242. The molecule has 2 aromatic rings. The molecule has 1 aromatic carbocycles. The molecular weight excluding hydrogens is 353 g/mol. The fourth-order valence-electron chi connectivity index (χ4n) is 1.94. The van der Waals surface area contributed by atoms with Crippen LogP contribution in [0.1, 0.15) is 42.5 Å². The summed E-state index contributed by atoms with van der Waals surface area (Å²) in [5, 5.41) is 5.91. The highest BCUT2D eigenvalue weighted by molar-refractivity contribution is 7.09. The number of carbonyl (C=O) groups excluding carboxylic acids is 1. The molecule has 4 nitrogen and oxygen atoms in total. The zero-order valence-electron chi connectivity index (χ0n) is 13.2. The van der Waals surface area contributed by atoms with Crippen LogP contribution < -0.4 is 11.1 Å². The van der Waals surface area contributed by atoms with Crippen molar-refractivity contribution in [2.75, 3.05) is 5.73 Å². The Morgan fingerprint density at radius 2 is 2.00 bits per heavy atom. The average Bonchev–Trinajstić information content (AvgIpc) is 2.93. The van der Waals surface area contributed by atoms with Crippen molar-refractivity contribution in [2.24, 2.45) is 0 Å². The van der Waals surface area contributed by atoms with Gasteiger partial charge in [-0.05, 0) is 24.0 Å². The highest BCUT2D eigenvalue weighted by atomic mass is 35.5. The maximum absolute atomic E-state index is 11.9. The van der Waals surface area contributed by atoms with Crippen molar-refractivity contribution >= 4 is 47.7 Å².